The van der Waals surface area contributed by atoms with Crippen LogP contribution in [-0.4, -0.2) is 51.2 Å². The molecule has 2 aliphatic heterocycles. The minimum Gasteiger partial charge on any atom is -0.377 e. The number of nitrogens with zero attached hydrogens (tertiary/aromatic N) is 1. The second kappa shape index (κ2) is 5.40. The number of nitrogens with one attached hydrogen (secondary N) is 1. The van der Waals surface area contributed by atoms with Crippen molar-refractivity contribution in [3.63, 3.8) is 0 Å². The molecule has 1 N–H and O–H groups in total. The highest BCUT2D eigenvalue weighted by Crippen LogP contribution is 2.37. The molecule has 112 valence electrons. The van der Waals surface area contributed by atoms with Crippen molar-refractivity contribution >= 4 is 39.0 Å². The van der Waals surface area contributed by atoms with E-state index in [-0.39, 0.29) is 12.2 Å². The van der Waals surface area contributed by atoms with Crippen LogP contribution in [0.5, 0.6) is 0 Å². The average molecular weight is 355 g/mol. The number of fused-ring (bicyclic) bond motifs is 1. The summed E-state index contributed by atoms with van der Waals surface area (Å²) in [5.74, 6) is -1.08. The van der Waals surface area contributed by atoms with Crippen LogP contribution in [0.15, 0.2) is 16.6 Å². The number of anilines is 2. The molecule has 6 nitrogen and oxygen atoms in total. The smallest absolute Gasteiger partial charge is 0.296 e. The number of hydrogen-bond acceptors (Lipinski definition) is 5. The minimum absolute atomic E-state index is 0.00798. The number of amides is 1. The van der Waals surface area contributed by atoms with Gasteiger partial charge in [0.1, 0.15) is 12.2 Å². The summed E-state index contributed by atoms with van der Waals surface area (Å²) in [5.41, 5.74) is 1.87. The van der Waals surface area contributed by atoms with Crippen LogP contribution in [-0.2, 0) is 14.3 Å². The summed E-state index contributed by atoms with van der Waals surface area (Å²) in [6, 6.07) is 3.50. The van der Waals surface area contributed by atoms with Crippen molar-refractivity contribution in [2.45, 2.75) is 12.2 Å². The zero-order chi connectivity index (χ0) is 15.1. The Kier molecular flexibility index (Phi) is 3.73. The predicted molar refractivity (Wildman–Crippen MR) is 80.9 cm³/mol. The van der Waals surface area contributed by atoms with Crippen molar-refractivity contribution in [1.29, 1.82) is 0 Å². The lowest BCUT2D eigenvalue weighted by molar-refractivity contribution is -0.112. The molecule has 0 saturated carbocycles. The standard InChI is InChI=1S/C14H15BrN2O4/c1-20-11-5-17(6-12(11)21-2)10-4-9-7(3-8(10)15)13(18)14(19)16-9/h3-4,11-12H,5-6H2,1-2H3,(H,16,18,19). The third-order valence-electron chi connectivity index (χ3n) is 3.95. The number of halogens is 1. The van der Waals surface area contributed by atoms with Crippen LogP contribution in [0.3, 0.4) is 0 Å². The molecule has 1 amide bonds. The Hall–Kier alpha value is -1.44. The summed E-state index contributed by atoms with van der Waals surface area (Å²) in [6.07, 6.45) is -0.0160. The van der Waals surface area contributed by atoms with Gasteiger partial charge in [0.2, 0.25) is 0 Å². The highest BCUT2D eigenvalue weighted by molar-refractivity contribution is 9.10. The predicted octanol–water partition coefficient (Wildman–Crippen LogP) is 1.43. The quantitative estimate of drug-likeness (QED) is 0.831. The molecule has 2 unspecified atom stereocenters. The summed E-state index contributed by atoms with van der Waals surface area (Å²) in [6.45, 7) is 1.38. The summed E-state index contributed by atoms with van der Waals surface area (Å²) in [4.78, 5) is 25.2. The fourth-order valence-electron chi connectivity index (χ4n) is 2.79. The van der Waals surface area contributed by atoms with Crippen LogP contribution in [0.25, 0.3) is 0 Å². The molecule has 21 heavy (non-hydrogen) atoms. The van der Waals surface area contributed by atoms with E-state index in [9.17, 15) is 9.59 Å². The first-order valence-corrected chi connectivity index (χ1v) is 7.34. The second-order valence-corrected chi connectivity index (χ2v) is 5.94. The zero-order valence-electron chi connectivity index (χ0n) is 11.7. The van der Waals surface area contributed by atoms with Crippen LogP contribution in [0.4, 0.5) is 11.4 Å². The highest BCUT2D eigenvalue weighted by atomic mass is 79.9. The maximum atomic E-state index is 11.7. The molecule has 0 aromatic heterocycles. The number of ketones is 1. The van der Waals surface area contributed by atoms with Gasteiger partial charge >= 0.3 is 0 Å². The van der Waals surface area contributed by atoms with Crippen molar-refractivity contribution in [3.8, 4) is 0 Å². The molecule has 0 radical (unpaired) electrons. The summed E-state index contributed by atoms with van der Waals surface area (Å²) in [7, 11) is 3.33. The number of hydrogen-bond donors (Lipinski definition) is 1. The number of ether oxygens (including phenoxy) is 2. The number of rotatable bonds is 3. The molecule has 0 bridgehead atoms. The Morgan fingerprint density at radius 1 is 1.19 bits per heavy atom. The molecule has 0 aliphatic carbocycles. The Balaban J connectivity index is 1.93. The lowest BCUT2D eigenvalue weighted by Gasteiger charge is -2.20. The molecule has 0 spiro atoms. The van der Waals surface area contributed by atoms with Gasteiger partial charge in [-0.3, -0.25) is 9.59 Å². The van der Waals surface area contributed by atoms with E-state index in [1.54, 1.807) is 20.3 Å². The molecular weight excluding hydrogens is 340 g/mol. The highest BCUT2D eigenvalue weighted by Gasteiger charge is 2.35. The summed E-state index contributed by atoms with van der Waals surface area (Å²) in [5, 5.41) is 2.59. The monoisotopic (exact) mass is 354 g/mol. The topological polar surface area (TPSA) is 67.9 Å². The average Bonchev–Trinajstić information content (AvgIpc) is 3.01. The number of benzene rings is 1. The van der Waals surface area contributed by atoms with Crippen molar-refractivity contribution in [2.75, 3.05) is 37.5 Å². The molecule has 3 rings (SSSR count). The van der Waals surface area contributed by atoms with E-state index >= 15 is 0 Å². The van der Waals surface area contributed by atoms with Crippen molar-refractivity contribution in [2.24, 2.45) is 0 Å². The zero-order valence-corrected chi connectivity index (χ0v) is 13.3. The van der Waals surface area contributed by atoms with E-state index in [0.29, 0.717) is 24.3 Å². The lowest BCUT2D eigenvalue weighted by Crippen LogP contribution is -2.27. The van der Waals surface area contributed by atoms with Gasteiger partial charge in [-0.1, -0.05) is 0 Å². The SMILES string of the molecule is COC1CN(c2cc3c(cc2Br)C(=O)C(=O)N3)CC1OC. The van der Waals surface area contributed by atoms with Crippen LogP contribution < -0.4 is 10.2 Å². The molecule has 1 fully saturated rings. The molecule has 2 aliphatic rings. The maximum absolute atomic E-state index is 11.7. The fraction of sp³-hybridized carbons (Fsp3) is 0.429. The Labute approximate surface area is 130 Å². The Bertz CT molecular complexity index is 607. The van der Waals surface area contributed by atoms with E-state index in [2.05, 4.69) is 26.1 Å². The molecule has 2 heterocycles. The van der Waals surface area contributed by atoms with Crippen LogP contribution in [0.1, 0.15) is 10.4 Å². The summed E-state index contributed by atoms with van der Waals surface area (Å²) >= 11 is 3.48. The molecule has 1 aromatic carbocycles. The van der Waals surface area contributed by atoms with E-state index in [1.165, 1.54) is 0 Å². The fourth-order valence-corrected chi connectivity index (χ4v) is 3.38. The molecule has 7 heteroatoms. The van der Waals surface area contributed by atoms with Gasteiger partial charge in [0.15, 0.2) is 0 Å². The van der Waals surface area contributed by atoms with E-state index in [0.717, 1.165) is 10.2 Å². The van der Waals surface area contributed by atoms with Gasteiger partial charge in [0.25, 0.3) is 11.7 Å². The molecule has 1 aromatic rings. The van der Waals surface area contributed by atoms with Gasteiger partial charge in [-0.15, -0.1) is 0 Å². The van der Waals surface area contributed by atoms with Crippen molar-refractivity contribution in [1.82, 2.24) is 0 Å². The lowest BCUT2D eigenvalue weighted by atomic mass is 10.1. The van der Waals surface area contributed by atoms with Crippen LogP contribution >= 0.6 is 15.9 Å². The largest absolute Gasteiger partial charge is 0.377 e. The van der Waals surface area contributed by atoms with E-state index in [4.69, 9.17) is 9.47 Å². The molecular formula is C14H15BrN2O4. The van der Waals surface area contributed by atoms with Crippen molar-refractivity contribution in [3.05, 3.63) is 22.2 Å². The molecule has 1 saturated heterocycles. The third-order valence-corrected chi connectivity index (χ3v) is 4.58. The first kappa shape index (κ1) is 14.5. The van der Waals surface area contributed by atoms with E-state index < -0.39 is 11.7 Å². The number of Topliss-reactive ketones (excluding diaryl/α,β-unsaturated/α-hetero) is 1. The first-order valence-electron chi connectivity index (χ1n) is 6.55. The van der Waals surface area contributed by atoms with Gasteiger partial charge in [-0.2, -0.15) is 0 Å². The van der Waals surface area contributed by atoms with Crippen molar-refractivity contribution < 1.29 is 19.1 Å². The normalized spacial score (nSPS) is 24.4. The molecule has 2 atom stereocenters. The Morgan fingerprint density at radius 3 is 2.38 bits per heavy atom. The van der Waals surface area contributed by atoms with E-state index in [1.807, 2.05) is 6.07 Å². The Morgan fingerprint density at radius 2 is 1.81 bits per heavy atom. The number of carbonyl (C=O) groups excluding carboxylic acids is 2. The van der Waals surface area contributed by atoms with Gasteiger partial charge in [-0.05, 0) is 28.1 Å². The minimum atomic E-state index is -0.583. The third kappa shape index (κ3) is 2.35. The first-order chi connectivity index (χ1) is 10.0. The number of carbonyl (C=O) groups is 2. The van der Waals surface area contributed by atoms with Gasteiger partial charge in [-0.25, -0.2) is 0 Å². The van der Waals surface area contributed by atoms with Crippen LogP contribution in [0.2, 0.25) is 0 Å². The van der Waals surface area contributed by atoms with Gasteiger partial charge < -0.3 is 19.7 Å². The second-order valence-electron chi connectivity index (χ2n) is 5.09. The van der Waals surface area contributed by atoms with Gasteiger partial charge in [0, 0.05) is 31.8 Å². The maximum Gasteiger partial charge on any atom is 0.296 e. The van der Waals surface area contributed by atoms with Gasteiger partial charge in [0.05, 0.1) is 16.9 Å². The summed E-state index contributed by atoms with van der Waals surface area (Å²) < 4.78 is 11.6. The van der Waals surface area contributed by atoms with Crippen LogP contribution in [0, 0.1) is 0 Å². The number of methoxy groups -OCH3 is 2.